The molecule has 1 saturated carbocycles. The molecule has 1 fully saturated rings. The summed E-state index contributed by atoms with van der Waals surface area (Å²) in [5.74, 6) is -0.726. The fourth-order valence-electron chi connectivity index (χ4n) is 1.41. The Hall–Kier alpha value is -1.49. The molecule has 1 aromatic rings. The van der Waals surface area contributed by atoms with E-state index in [0.29, 0.717) is 0 Å². The van der Waals surface area contributed by atoms with Gasteiger partial charge in [-0.3, -0.25) is 9.78 Å². The van der Waals surface area contributed by atoms with Crippen LogP contribution >= 0.6 is 0 Å². The predicted octanol–water partition coefficient (Wildman–Crippen LogP) is 0.331. The third kappa shape index (κ3) is 2.30. The van der Waals surface area contributed by atoms with Crippen LogP contribution in [0.1, 0.15) is 16.8 Å². The van der Waals surface area contributed by atoms with Crippen molar-refractivity contribution in [2.24, 2.45) is 5.92 Å². The number of halogens is 1. The number of carbonyl (C=O) groups excluding carboxylic acids is 1. The first-order valence-corrected chi connectivity index (χ1v) is 4.73. The maximum absolute atomic E-state index is 12.7. The Kier molecular flexibility index (Phi) is 2.64. The highest BCUT2D eigenvalue weighted by atomic mass is 19.1. The monoisotopic (exact) mass is 210 g/mol. The van der Waals surface area contributed by atoms with Gasteiger partial charge in [0.05, 0.1) is 11.8 Å². The number of aromatic nitrogens is 1. The topological polar surface area (TPSA) is 62.2 Å². The van der Waals surface area contributed by atoms with Crippen molar-refractivity contribution < 1.29 is 14.3 Å². The molecule has 1 aromatic heterocycles. The van der Waals surface area contributed by atoms with Crippen LogP contribution in [0, 0.1) is 11.7 Å². The van der Waals surface area contributed by atoms with Gasteiger partial charge in [0, 0.05) is 24.8 Å². The third-order valence-electron chi connectivity index (χ3n) is 2.44. The van der Waals surface area contributed by atoms with Crippen LogP contribution in [0.5, 0.6) is 0 Å². The fourth-order valence-corrected chi connectivity index (χ4v) is 1.41. The molecule has 5 heteroatoms. The van der Waals surface area contributed by atoms with Crippen molar-refractivity contribution >= 4 is 5.91 Å². The van der Waals surface area contributed by atoms with Gasteiger partial charge >= 0.3 is 0 Å². The van der Waals surface area contributed by atoms with Gasteiger partial charge in [-0.1, -0.05) is 0 Å². The van der Waals surface area contributed by atoms with Gasteiger partial charge in [-0.25, -0.2) is 4.39 Å². The largest absolute Gasteiger partial charge is 0.396 e. The highest BCUT2D eigenvalue weighted by Crippen LogP contribution is 2.29. The van der Waals surface area contributed by atoms with Crippen LogP contribution in [0.15, 0.2) is 18.5 Å². The maximum Gasteiger partial charge on any atom is 0.253 e. The summed E-state index contributed by atoms with van der Waals surface area (Å²) in [4.78, 5) is 15.1. The van der Waals surface area contributed by atoms with Gasteiger partial charge in [0.1, 0.15) is 5.82 Å². The smallest absolute Gasteiger partial charge is 0.253 e. The van der Waals surface area contributed by atoms with E-state index in [1.165, 1.54) is 6.20 Å². The number of aliphatic hydroxyl groups is 1. The SMILES string of the molecule is O=C(N[C@@H]1C[C@H]1CO)c1cncc(F)c1. The van der Waals surface area contributed by atoms with E-state index in [9.17, 15) is 9.18 Å². The Labute approximate surface area is 86.1 Å². The van der Waals surface area contributed by atoms with Crippen LogP contribution in [-0.4, -0.2) is 28.6 Å². The normalized spacial score (nSPS) is 23.6. The quantitative estimate of drug-likeness (QED) is 0.755. The first-order chi connectivity index (χ1) is 7.20. The summed E-state index contributed by atoms with van der Waals surface area (Å²) in [6.45, 7) is 0.0757. The summed E-state index contributed by atoms with van der Waals surface area (Å²) in [6.07, 6.45) is 3.14. The number of aliphatic hydroxyl groups excluding tert-OH is 1. The van der Waals surface area contributed by atoms with Crippen LogP contribution in [0.2, 0.25) is 0 Å². The molecular formula is C10H11FN2O2. The zero-order chi connectivity index (χ0) is 10.8. The highest BCUT2D eigenvalue weighted by Gasteiger charge is 2.37. The minimum atomic E-state index is -0.530. The Morgan fingerprint density at radius 3 is 3.07 bits per heavy atom. The van der Waals surface area contributed by atoms with E-state index in [1.807, 2.05) is 0 Å². The number of nitrogens with one attached hydrogen (secondary N) is 1. The first kappa shape index (κ1) is 10.0. The van der Waals surface area contributed by atoms with Crippen molar-refractivity contribution in [2.45, 2.75) is 12.5 Å². The molecule has 2 rings (SSSR count). The van der Waals surface area contributed by atoms with Gasteiger partial charge in [-0.05, 0) is 12.5 Å². The second-order valence-corrected chi connectivity index (χ2v) is 3.65. The molecule has 0 radical (unpaired) electrons. The summed E-state index contributed by atoms with van der Waals surface area (Å²) in [7, 11) is 0. The molecule has 15 heavy (non-hydrogen) atoms. The van der Waals surface area contributed by atoms with Crippen molar-refractivity contribution in [2.75, 3.05) is 6.61 Å². The third-order valence-corrected chi connectivity index (χ3v) is 2.44. The Balaban J connectivity index is 1.97. The number of rotatable bonds is 3. The summed E-state index contributed by atoms with van der Waals surface area (Å²) in [6, 6.07) is 1.16. The van der Waals surface area contributed by atoms with Crippen LogP contribution < -0.4 is 5.32 Å². The summed E-state index contributed by atoms with van der Waals surface area (Å²) in [5, 5.41) is 11.5. The number of nitrogens with zero attached hydrogens (tertiary/aromatic N) is 1. The van der Waals surface area contributed by atoms with Crippen LogP contribution in [-0.2, 0) is 0 Å². The van der Waals surface area contributed by atoms with E-state index in [-0.39, 0.29) is 30.0 Å². The molecule has 1 aliphatic carbocycles. The molecule has 0 spiro atoms. The molecule has 1 aliphatic rings. The second-order valence-electron chi connectivity index (χ2n) is 3.65. The lowest BCUT2D eigenvalue weighted by atomic mass is 10.2. The average Bonchev–Trinajstić information content (AvgIpc) is 2.96. The molecule has 1 heterocycles. The number of pyridine rings is 1. The lowest BCUT2D eigenvalue weighted by molar-refractivity contribution is 0.0946. The zero-order valence-electron chi connectivity index (χ0n) is 7.98. The van der Waals surface area contributed by atoms with Gasteiger partial charge < -0.3 is 10.4 Å². The van der Waals surface area contributed by atoms with E-state index in [4.69, 9.17) is 5.11 Å². The van der Waals surface area contributed by atoms with E-state index in [1.54, 1.807) is 0 Å². The van der Waals surface area contributed by atoms with Crippen molar-refractivity contribution in [3.05, 3.63) is 29.8 Å². The Morgan fingerprint density at radius 2 is 2.47 bits per heavy atom. The van der Waals surface area contributed by atoms with Gasteiger partial charge in [0.25, 0.3) is 5.91 Å². The van der Waals surface area contributed by atoms with Gasteiger partial charge in [-0.2, -0.15) is 0 Å². The molecule has 0 saturated heterocycles. The van der Waals surface area contributed by atoms with Crippen LogP contribution in [0.3, 0.4) is 0 Å². The molecule has 80 valence electrons. The Morgan fingerprint density at radius 1 is 1.67 bits per heavy atom. The number of carbonyl (C=O) groups is 1. The molecule has 2 N–H and O–H groups in total. The standard InChI is InChI=1S/C10H11FN2O2/c11-8-1-6(3-12-4-8)10(15)13-9-2-7(9)5-14/h1,3-4,7,9,14H,2,5H2,(H,13,15)/t7-,9+/m0/s1. The van der Waals surface area contributed by atoms with E-state index in [2.05, 4.69) is 10.3 Å². The van der Waals surface area contributed by atoms with Gasteiger partial charge in [-0.15, -0.1) is 0 Å². The van der Waals surface area contributed by atoms with Gasteiger partial charge in [0.2, 0.25) is 0 Å². The van der Waals surface area contributed by atoms with Crippen LogP contribution in [0.4, 0.5) is 4.39 Å². The van der Waals surface area contributed by atoms with E-state index in [0.717, 1.165) is 18.7 Å². The minimum absolute atomic E-state index is 0.0192. The molecule has 0 bridgehead atoms. The van der Waals surface area contributed by atoms with Crippen molar-refractivity contribution in [1.82, 2.24) is 10.3 Å². The molecule has 0 aromatic carbocycles. The van der Waals surface area contributed by atoms with Crippen molar-refractivity contribution in [3.8, 4) is 0 Å². The lowest BCUT2D eigenvalue weighted by Crippen LogP contribution is -2.27. The second kappa shape index (κ2) is 3.94. The average molecular weight is 210 g/mol. The molecule has 0 unspecified atom stereocenters. The molecule has 0 aliphatic heterocycles. The predicted molar refractivity (Wildman–Crippen MR) is 50.6 cm³/mol. The van der Waals surface area contributed by atoms with Crippen molar-refractivity contribution in [3.63, 3.8) is 0 Å². The van der Waals surface area contributed by atoms with E-state index >= 15 is 0 Å². The van der Waals surface area contributed by atoms with Crippen LogP contribution in [0.25, 0.3) is 0 Å². The number of hydrogen-bond donors (Lipinski definition) is 2. The minimum Gasteiger partial charge on any atom is -0.396 e. The number of amides is 1. The number of hydrogen-bond acceptors (Lipinski definition) is 3. The maximum atomic E-state index is 12.7. The van der Waals surface area contributed by atoms with E-state index < -0.39 is 5.82 Å². The zero-order valence-corrected chi connectivity index (χ0v) is 7.98. The highest BCUT2D eigenvalue weighted by molar-refractivity contribution is 5.94. The Bertz CT molecular complexity index is 383. The molecule has 1 amide bonds. The summed E-state index contributed by atoms with van der Waals surface area (Å²) in [5.41, 5.74) is 0.207. The molecule has 4 nitrogen and oxygen atoms in total. The first-order valence-electron chi connectivity index (χ1n) is 4.73. The summed E-state index contributed by atoms with van der Waals surface area (Å²) >= 11 is 0. The van der Waals surface area contributed by atoms with Crippen molar-refractivity contribution in [1.29, 1.82) is 0 Å². The lowest BCUT2D eigenvalue weighted by Gasteiger charge is -2.03. The molecule has 2 atom stereocenters. The summed E-state index contributed by atoms with van der Waals surface area (Å²) < 4.78 is 12.7. The molecular weight excluding hydrogens is 199 g/mol. The van der Waals surface area contributed by atoms with Gasteiger partial charge in [0.15, 0.2) is 0 Å². The fraction of sp³-hybridized carbons (Fsp3) is 0.400.